The molecule has 0 aliphatic carbocycles. The number of hydrogen-bond acceptors (Lipinski definition) is 3. The van der Waals surface area contributed by atoms with Gasteiger partial charge < -0.3 is 15.7 Å². The molecule has 0 saturated carbocycles. The van der Waals surface area contributed by atoms with Crippen LogP contribution < -0.4 is 5.73 Å². The Kier molecular flexibility index (Phi) is 4.35. The van der Waals surface area contributed by atoms with Crippen molar-refractivity contribution in [3.05, 3.63) is 0 Å². The molecular weight excluding hydrogens is 176 g/mol. The SMILES string of the molecule is CCC1(CC)CCN(CC(N)CO)C1. The summed E-state index contributed by atoms with van der Waals surface area (Å²) >= 11 is 0. The molecule has 1 unspecified atom stereocenters. The normalized spacial score (nSPS) is 24.0. The van der Waals surface area contributed by atoms with Crippen molar-refractivity contribution in [3.63, 3.8) is 0 Å². The molecule has 14 heavy (non-hydrogen) atoms. The van der Waals surface area contributed by atoms with Gasteiger partial charge >= 0.3 is 0 Å². The highest BCUT2D eigenvalue weighted by atomic mass is 16.3. The molecule has 0 amide bonds. The van der Waals surface area contributed by atoms with Crippen LogP contribution in [-0.4, -0.2) is 42.3 Å². The van der Waals surface area contributed by atoms with Gasteiger partial charge in [-0.25, -0.2) is 0 Å². The Balaban J connectivity index is 2.40. The first kappa shape index (κ1) is 12.0. The van der Waals surface area contributed by atoms with Crippen molar-refractivity contribution in [3.8, 4) is 0 Å². The quantitative estimate of drug-likeness (QED) is 0.691. The molecule has 1 fully saturated rings. The lowest BCUT2D eigenvalue weighted by molar-refractivity contribution is 0.199. The third-order valence-corrected chi connectivity index (χ3v) is 3.74. The number of aliphatic hydroxyl groups is 1. The number of nitrogens with two attached hydrogens (primary N) is 1. The van der Waals surface area contributed by atoms with Crippen LogP contribution in [0.25, 0.3) is 0 Å². The van der Waals surface area contributed by atoms with E-state index in [0.29, 0.717) is 5.41 Å². The molecule has 3 nitrogen and oxygen atoms in total. The number of hydrogen-bond donors (Lipinski definition) is 2. The summed E-state index contributed by atoms with van der Waals surface area (Å²) in [6, 6.07) is -0.0699. The molecule has 84 valence electrons. The van der Waals surface area contributed by atoms with Gasteiger partial charge in [-0.15, -0.1) is 0 Å². The fourth-order valence-corrected chi connectivity index (χ4v) is 2.40. The fraction of sp³-hybridized carbons (Fsp3) is 1.00. The molecule has 1 saturated heterocycles. The van der Waals surface area contributed by atoms with Crippen molar-refractivity contribution >= 4 is 0 Å². The van der Waals surface area contributed by atoms with Crippen molar-refractivity contribution in [2.24, 2.45) is 11.1 Å². The molecule has 1 atom stereocenters. The molecule has 0 bridgehead atoms. The zero-order valence-electron chi connectivity index (χ0n) is 9.50. The summed E-state index contributed by atoms with van der Waals surface area (Å²) in [6.07, 6.45) is 3.81. The molecule has 0 aromatic carbocycles. The maximum absolute atomic E-state index is 8.89. The fourth-order valence-electron chi connectivity index (χ4n) is 2.40. The van der Waals surface area contributed by atoms with Crippen LogP contribution in [-0.2, 0) is 0 Å². The smallest absolute Gasteiger partial charge is 0.0595 e. The summed E-state index contributed by atoms with van der Waals surface area (Å²) in [4.78, 5) is 2.40. The van der Waals surface area contributed by atoms with Gasteiger partial charge in [0.2, 0.25) is 0 Å². The lowest BCUT2D eigenvalue weighted by Crippen LogP contribution is -2.39. The van der Waals surface area contributed by atoms with E-state index in [1.54, 1.807) is 0 Å². The first-order valence-electron chi connectivity index (χ1n) is 5.74. The van der Waals surface area contributed by atoms with Gasteiger partial charge in [-0.2, -0.15) is 0 Å². The van der Waals surface area contributed by atoms with E-state index in [4.69, 9.17) is 10.8 Å². The number of rotatable bonds is 5. The summed E-state index contributed by atoms with van der Waals surface area (Å²) in [5, 5.41) is 8.89. The van der Waals surface area contributed by atoms with Crippen LogP contribution in [0.15, 0.2) is 0 Å². The lowest BCUT2D eigenvalue weighted by atomic mass is 9.82. The Bertz CT molecular complexity index is 169. The summed E-state index contributed by atoms with van der Waals surface area (Å²) in [5.41, 5.74) is 6.26. The van der Waals surface area contributed by atoms with Crippen molar-refractivity contribution in [1.29, 1.82) is 0 Å². The van der Waals surface area contributed by atoms with Crippen molar-refractivity contribution in [2.75, 3.05) is 26.2 Å². The van der Waals surface area contributed by atoms with Gasteiger partial charge in [-0.3, -0.25) is 0 Å². The number of nitrogens with zero attached hydrogens (tertiary/aromatic N) is 1. The molecule has 3 heteroatoms. The number of aliphatic hydroxyl groups excluding tert-OH is 1. The lowest BCUT2D eigenvalue weighted by Gasteiger charge is -2.27. The average Bonchev–Trinajstić information content (AvgIpc) is 2.62. The van der Waals surface area contributed by atoms with Crippen LogP contribution >= 0.6 is 0 Å². The molecule has 0 spiro atoms. The van der Waals surface area contributed by atoms with E-state index >= 15 is 0 Å². The van der Waals surface area contributed by atoms with E-state index in [0.717, 1.165) is 19.6 Å². The summed E-state index contributed by atoms with van der Waals surface area (Å²) in [7, 11) is 0. The van der Waals surface area contributed by atoms with Crippen LogP contribution in [0.5, 0.6) is 0 Å². The van der Waals surface area contributed by atoms with Crippen LogP contribution in [0.3, 0.4) is 0 Å². The Morgan fingerprint density at radius 2 is 2.07 bits per heavy atom. The van der Waals surface area contributed by atoms with Gasteiger partial charge in [-0.1, -0.05) is 13.8 Å². The number of likely N-dealkylation sites (tertiary alicyclic amines) is 1. The van der Waals surface area contributed by atoms with E-state index < -0.39 is 0 Å². The Hall–Kier alpha value is -0.120. The van der Waals surface area contributed by atoms with Gasteiger partial charge in [0.15, 0.2) is 0 Å². The largest absolute Gasteiger partial charge is 0.395 e. The third-order valence-electron chi connectivity index (χ3n) is 3.74. The second-order valence-electron chi connectivity index (χ2n) is 4.63. The van der Waals surface area contributed by atoms with E-state index in [-0.39, 0.29) is 12.6 Å². The van der Waals surface area contributed by atoms with Crippen molar-refractivity contribution in [1.82, 2.24) is 4.90 Å². The van der Waals surface area contributed by atoms with E-state index in [2.05, 4.69) is 18.7 Å². The van der Waals surface area contributed by atoms with Crippen molar-refractivity contribution in [2.45, 2.75) is 39.2 Å². The van der Waals surface area contributed by atoms with Crippen LogP contribution in [0.4, 0.5) is 0 Å². The second-order valence-corrected chi connectivity index (χ2v) is 4.63. The summed E-state index contributed by atoms with van der Waals surface area (Å²) in [6.45, 7) is 7.81. The molecule has 1 aliphatic rings. The van der Waals surface area contributed by atoms with E-state index in [1.165, 1.54) is 19.3 Å². The first-order valence-corrected chi connectivity index (χ1v) is 5.74. The highest BCUT2D eigenvalue weighted by molar-refractivity contribution is 4.88. The maximum atomic E-state index is 8.89. The zero-order chi connectivity index (χ0) is 10.6. The maximum Gasteiger partial charge on any atom is 0.0595 e. The summed E-state index contributed by atoms with van der Waals surface area (Å²) in [5.74, 6) is 0. The highest BCUT2D eigenvalue weighted by Crippen LogP contribution is 2.36. The molecule has 0 aromatic heterocycles. The topological polar surface area (TPSA) is 49.5 Å². The Labute approximate surface area is 87.3 Å². The molecule has 0 radical (unpaired) electrons. The van der Waals surface area contributed by atoms with Gasteiger partial charge in [0.05, 0.1) is 6.61 Å². The highest BCUT2D eigenvalue weighted by Gasteiger charge is 2.34. The van der Waals surface area contributed by atoms with Gasteiger partial charge in [-0.05, 0) is 31.2 Å². The predicted molar refractivity (Wildman–Crippen MR) is 59.1 cm³/mol. The standard InChI is InChI=1S/C11H24N2O/c1-3-11(4-2)5-6-13(9-11)7-10(12)8-14/h10,14H,3-9,12H2,1-2H3. The Morgan fingerprint density at radius 1 is 1.43 bits per heavy atom. The zero-order valence-corrected chi connectivity index (χ0v) is 9.50. The van der Waals surface area contributed by atoms with Gasteiger partial charge in [0.25, 0.3) is 0 Å². The minimum absolute atomic E-state index is 0.0699. The van der Waals surface area contributed by atoms with E-state index in [1.807, 2.05) is 0 Å². The van der Waals surface area contributed by atoms with Gasteiger partial charge in [0, 0.05) is 19.1 Å². The Morgan fingerprint density at radius 3 is 2.50 bits per heavy atom. The van der Waals surface area contributed by atoms with Gasteiger partial charge in [0.1, 0.15) is 0 Å². The molecule has 0 aromatic rings. The van der Waals surface area contributed by atoms with Crippen LogP contribution in [0.2, 0.25) is 0 Å². The molecule has 3 N–H and O–H groups in total. The minimum Gasteiger partial charge on any atom is -0.395 e. The van der Waals surface area contributed by atoms with E-state index in [9.17, 15) is 0 Å². The molecular formula is C11H24N2O. The third kappa shape index (κ3) is 2.69. The second kappa shape index (κ2) is 5.10. The predicted octanol–water partition coefficient (Wildman–Crippen LogP) is 0.818. The monoisotopic (exact) mass is 200 g/mol. The minimum atomic E-state index is -0.0699. The first-order chi connectivity index (χ1) is 6.65. The van der Waals surface area contributed by atoms with Crippen LogP contribution in [0, 0.1) is 5.41 Å². The van der Waals surface area contributed by atoms with Crippen molar-refractivity contribution < 1.29 is 5.11 Å². The average molecular weight is 200 g/mol. The molecule has 1 aliphatic heterocycles. The van der Waals surface area contributed by atoms with Crippen LogP contribution in [0.1, 0.15) is 33.1 Å². The molecule has 1 heterocycles. The molecule has 1 rings (SSSR count). The summed E-state index contributed by atoms with van der Waals surface area (Å²) < 4.78 is 0.